The van der Waals surface area contributed by atoms with Crippen molar-refractivity contribution >= 4 is 11.6 Å². The first-order valence-electron chi connectivity index (χ1n) is 10.6. The molecule has 0 spiro atoms. The molecule has 0 saturated carbocycles. The van der Waals surface area contributed by atoms with Gasteiger partial charge in [0.25, 0.3) is 0 Å². The Labute approximate surface area is 186 Å². The molecule has 2 aliphatic rings. The van der Waals surface area contributed by atoms with E-state index < -0.39 is 17.2 Å². The highest BCUT2D eigenvalue weighted by molar-refractivity contribution is 5.57. The molecule has 2 saturated heterocycles. The molecule has 32 heavy (non-hydrogen) atoms. The first-order valence-corrected chi connectivity index (χ1v) is 10.6. The lowest BCUT2D eigenvalue weighted by atomic mass is 9.91. The molecule has 1 N–H and O–H groups in total. The first-order chi connectivity index (χ1) is 15.4. The van der Waals surface area contributed by atoms with E-state index in [9.17, 15) is 8.78 Å². The Hall–Kier alpha value is -2.88. The van der Waals surface area contributed by atoms with Gasteiger partial charge in [-0.2, -0.15) is 4.98 Å². The van der Waals surface area contributed by atoms with Gasteiger partial charge < -0.3 is 14.8 Å². The van der Waals surface area contributed by atoms with Crippen molar-refractivity contribution in [1.29, 1.82) is 0 Å². The smallest absolute Gasteiger partial charge is 0.246 e. The van der Waals surface area contributed by atoms with Crippen LogP contribution in [0.5, 0.6) is 0 Å². The third kappa shape index (κ3) is 4.23. The minimum atomic E-state index is -0.670. The summed E-state index contributed by atoms with van der Waals surface area (Å²) in [6, 6.07) is 9.85. The normalized spacial score (nSPS) is 22.0. The first kappa shape index (κ1) is 21.0. The number of aryl methyl sites for hydroxylation is 1. The van der Waals surface area contributed by atoms with Gasteiger partial charge in [-0.1, -0.05) is 6.07 Å². The molecule has 0 bridgehead atoms. The lowest BCUT2D eigenvalue weighted by Crippen LogP contribution is -2.57. The van der Waals surface area contributed by atoms with Gasteiger partial charge in [-0.15, -0.1) is 5.10 Å². The molecule has 9 heteroatoms. The summed E-state index contributed by atoms with van der Waals surface area (Å²) < 4.78 is 40.0. The summed E-state index contributed by atoms with van der Waals surface area (Å²) in [6.45, 7) is 8.06. The highest BCUT2D eigenvalue weighted by atomic mass is 19.1. The number of benzene rings is 2. The fourth-order valence-electron chi connectivity index (χ4n) is 4.23. The van der Waals surface area contributed by atoms with Gasteiger partial charge in [0.15, 0.2) is 0 Å². The molecule has 1 unspecified atom stereocenters. The number of anilines is 2. The fourth-order valence-corrected chi connectivity index (χ4v) is 4.23. The van der Waals surface area contributed by atoms with E-state index >= 15 is 0 Å². The molecular formula is C23H27F2N5O2. The van der Waals surface area contributed by atoms with Crippen molar-refractivity contribution in [3.05, 3.63) is 65.5 Å². The van der Waals surface area contributed by atoms with Gasteiger partial charge in [0, 0.05) is 26.3 Å². The van der Waals surface area contributed by atoms with E-state index in [0.717, 1.165) is 49.2 Å². The van der Waals surface area contributed by atoms with Crippen LogP contribution in [-0.4, -0.2) is 58.6 Å². The van der Waals surface area contributed by atoms with Crippen molar-refractivity contribution < 1.29 is 19.7 Å². The Kier molecular flexibility index (Phi) is 5.40. The highest BCUT2D eigenvalue weighted by Gasteiger charge is 2.38. The van der Waals surface area contributed by atoms with E-state index in [1.165, 1.54) is 23.1 Å². The summed E-state index contributed by atoms with van der Waals surface area (Å²) in [6.07, 6.45) is 1.41. The minimum Gasteiger partial charge on any atom is -0.378 e. The second-order valence-electron chi connectivity index (χ2n) is 8.59. The number of ether oxygens (including phenoxy) is 2. The molecule has 170 valence electrons. The molecule has 2 aliphatic heterocycles. The fraction of sp³-hybridized carbons (Fsp3) is 0.391. The molecule has 2 aromatic carbocycles. The Morgan fingerprint density at radius 3 is 2.62 bits per heavy atom. The Morgan fingerprint density at radius 2 is 1.91 bits per heavy atom. The number of nitrogens with zero attached hydrogens (tertiary/aromatic N) is 4. The van der Waals surface area contributed by atoms with Gasteiger partial charge in [0.05, 0.1) is 31.5 Å². The van der Waals surface area contributed by atoms with Gasteiger partial charge in [-0.3, -0.25) is 4.90 Å². The van der Waals surface area contributed by atoms with Gasteiger partial charge in [-0.05, 0) is 49.2 Å². The average Bonchev–Trinajstić information content (AvgIpc) is 3.14. The van der Waals surface area contributed by atoms with Gasteiger partial charge in [0.2, 0.25) is 5.95 Å². The number of rotatable bonds is 5. The van der Waals surface area contributed by atoms with Crippen LogP contribution < -0.4 is 5.32 Å². The maximum Gasteiger partial charge on any atom is 0.246 e. The van der Waals surface area contributed by atoms with Crippen molar-refractivity contribution in [2.45, 2.75) is 25.5 Å². The molecule has 1 aromatic heterocycles. The van der Waals surface area contributed by atoms with Crippen LogP contribution in [0.1, 0.15) is 19.5 Å². The van der Waals surface area contributed by atoms with E-state index in [2.05, 4.69) is 33.3 Å². The van der Waals surface area contributed by atoms with Crippen molar-refractivity contribution in [2.24, 2.45) is 0 Å². The summed E-state index contributed by atoms with van der Waals surface area (Å²) in [5.41, 5.74) is 2.78. The largest absolute Gasteiger partial charge is 0.378 e. The molecule has 2 fully saturated rings. The molecule has 3 heterocycles. The lowest BCUT2D eigenvalue weighted by molar-refractivity contribution is -0.151. The Balaban J connectivity index is 0.00000259. The SMILES string of the molecule is Cc1cc(Nc2ncn(-c3cc(F)cc(F)c3)n2)cc(C2(C)CN(C3COC3)CCO2)c1.[HH]. The third-order valence-corrected chi connectivity index (χ3v) is 5.99. The van der Waals surface area contributed by atoms with Crippen LogP contribution in [0.2, 0.25) is 0 Å². The highest BCUT2D eigenvalue weighted by Crippen LogP contribution is 2.34. The van der Waals surface area contributed by atoms with Crippen LogP contribution in [0.15, 0.2) is 42.7 Å². The van der Waals surface area contributed by atoms with Crippen LogP contribution in [0, 0.1) is 18.6 Å². The second kappa shape index (κ2) is 8.23. The quantitative estimate of drug-likeness (QED) is 0.647. The third-order valence-electron chi connectivity index (χ3n) is 5.99. The van der Waals surface area contributed by atoms with Crippen LogP contribution in [-0.2, 0) is 15.1 Å². The standard InChI is InChI=1S/C23H25F2N5O2.H2/c1-15-5-16(23(2)13-29(3-4-32-23)21-11-31-12-21)7-19(6-15)27-22-26-14-30(28-22)20-9-17(24)8-18(25)10-20;/h5-10,14,21H,3-4,11-13H2,1-2H3,(H,27,28);1H. The summed E-state index contributed by atoms with van der Waals surface area (Å²) in [4.78, 5) is 6.67. The van der Waals surface area contributed by atoms with Crippen LogP contribution in [0.3, 0.4) is 0 Å². The molecule has 0 aliphatic carbocycles. The number of nitrogens with one attached hydrogen (secondary N) is 1. The second-order valence-corrected chi connectivity index (χ2v) is 8.59. The Bertz CT molecular complexity index is 1120. The zero-order chi connectivity index (χ0) is 22.3. The number of hydrogen-bond donors (Lipinski definition) is 1. The molecule has 0 radical (unpaired) electrons. The zero-order valence-electron chi connectivity index (χ0n) is 18.0. The topological polar surface area (TPSA) is 64.4 Å². The van der Waals surface area contributed by atoms with Gasteiger partial charge in [-0.25, -0.2) is 13.5 Å². The van der Waals surface area contributed by atoms with Crippen molar-refractivity contribution in [3.8, 4) is 5.69 Å². The Morgan fingerprint density at radius 1 is 1.12 bits per heavy atom. The van der Waals surface area contributed by atoms with Gasteiger partial charge in [0.1, 0.15) is 23.6 Å². The maximum absolute atomic E-state index is 13.5. The minimum absolute atomic E-state index is 0. The maximum atomic E-state index is 13.5. The summed E-state index contributed by atoms with van der Waals surface area (Å²) in [5.74, 6) is -1.01. The molecule has 1 atom stereocenters. The summed E-state index contributed by atoms with van der Waals surface area (Å²) in [7, 11) is 0. The van der Waals surface area contributed by atoms with Crippen LogP contribution in [0.4, 0.5) is 20.4 Å². The number of aromatic nitrogens is 3. The number of halogens is 2. The van der Waals surface area contributed by atoms with E-state index in [1.807, 2.05) is 19.1 Å². The average molecular weight is 443 g/mol. The van der Waals surface area contributed by atoms with Crippen molar-refractivity contribution in [1.82, 2.24) is 19.7 Å². The van der Waals surface area contributed by atoms with Crippen molar-refractivity contribution in [2.75, 3.05) is 38.2 Å². The zero-order valence-corrected chi connectivity index (χ0v) is 18.0. The molecule has 5 rings (SSSR count). The van der Waals surface area contributed by atoms with Crippen LogP contribution >= 0.6 is 0 Å². The molecule has 0 amide bonds. The summed E-state index contributed by atoms with van der Waals surface area (Å²) in [5, 5.41) is 7.51. The van der Waals surface area contributed by atoms with E-state index in [1.54, 1.807) is 0 Å². The van der Waals surface area contributed by atoms with E-state index in [0.29, 0.717) is 18.6 Å². The predicted molar refractivity (Wildman–Crippen MR) is 117 cm³/mol. The summed E-state index contributed by atoms with van der Waals surface area (Å²) >= 11 is 0. The molecule has 3 aromatic rings. The molecule has 7 nitrogen and oxygen atoms in total. The number of hydrogen-bond acceptors (Lipinski definition) is 6. The van der Waals surface area contributed by atoms with E-state index in [-0.39, 0.29) is 7.11 Å². The predicted octanol–water partition coefficient (Wildman–Crippen LogP) is 3.79. The van der Waals surface area contributed by atoms with Crippen LogP contribution in [0.25, 0.3) is 5.69 Å². The monoisotopic (exact) mass is 443 g/mol. The lowest BCUT2D eigenvalue weighted by Gasteiger charge is -2.46. The molecular weight excluding hydrogens is 416 g/mol. The van der Waals surface area contributed by atoms with Gasteiger partial charge >= 0.3 is 0 Å². The van der Waals surface area contributed by atoms with Crippen molar-refractivity contribution in [3.63, 3.8) is 0 Å². The number of morpholine rings is 1. The van der Waals surface area contributed by atoms with E-state index in [4.69, 9.17) is 9.47 Å².